The molecule has 1 aromatic rings. The molecule has 1 aromatic heterocycles. The number of nitrogens with one attached hydrogen (secondary N) is 2. The molecule has 0 spiro atoms. The van der Waals surface area contributed by atoms with Crippen LogP contribution >= 0.6 is 0 Å². The van der Waals surface area contributed by atoms with Gasteiger partial charge in [0.1, 0.15) is 15.4 Å². The lowest BCUT2D eigenvalue weighted by Gasteiger charge is -2.04. The number of rotatable bonds is 5. The normalized spacial score (nSPS) is 11.2. The number of sulfone groups is 1. The Bertz CT molecular complexity index is 573. The molecule has 0 radical (unpaired) electrons. The third-order valence-corrected chi connectivity index (χ3v) is 3.21. The number of carbonyl (C=O) groups excluding carboxylic acids is 1. The number of aromatic carboxylic acids is 1. The summed E-state index contributed by atoms with van der Waals surface area (Å²) in [4.78, 5) is 25.1. The van der Waals surface area contributed by atoms with Crippen molar-refractivity contribution in [2.24, 2.45) is 0 Å². The Balaban J connectivity index is 2.74. The molecule has 18 heavy (non-hydrogen) atoms. The van der Waals surface area contributed by atoms with Crippen LogP contribution in [0.1, 0.15) is 22.5 Å². The number of aromatic nitrogens is 1. The van der Waals surface area contributed by atoms with E-state index in [9.17, 15) is 18.0 Å². The first kappa shape index (κ1) is 14.2. The van der Waals surface area contributed by atoms with Gasteiger partial charge < -0.3 is 15.4 Å². The number of carboxylic acid groups (broad SMARTS) is 1. The largest absolute Gasteiger partial charge is 0.478 e. The predicted octanol–water partition coefficient (Wildman–Crippen LogP) is 0.395. The average Bonchev–Trinajstić information content (AvgIpc) is 2.55. The summed E-state index contributed by atoms with van der Waals surface area (Å²) in [5.74, 6) is -1.97. The lowest BCUT2D eigenvalue weighted by molar-refractivity contribution is -0.115. The van der Waals surface area contributed by atoms with Gasteiger partial charge in [0.05, 0.1) is 11.4 Å². The Kier molecular flexibility index (Phi) is 4.12. The summed E-state index contributed by atoms with van der Waals surface area (Å²) >= 11 is 0. The van der Waals surface area contributed by atoms with Crippen molar-refractivity contribution in [3.05, 3.63) is 17.5 Å². The molecular formula is C10H14N2O5S. The van der Waals surface area contributed by atoms with Crippen LogP contribution in [0.2, 0.25) is 0 Å². The van der Waals surface area contributed by atoms with Gasteiger partial charge in [-0.25, -0.2) is 13.2 Å². The molecule has 0 saturated carbocycles. The Hall–Kier alpha value is -1.83. The summed E-state index contributed by atoms with van der Waals surface area (Å²) < 4.78 is 21.8. The molecule has 1 rings (SSSR count). The molecule has 0 unspecified atom stereocenters. The topological polar surface area (TPSA) is 116 Å². The molecular weight excluding hydrogens is 260 g/mol. The Labute approximate surface area is 104 Å². The lowest BCUT2D eigenvalue weighted by atomic mass is 10.2. The maximum absolute atomic E-state index is 11.5. The fourth-order valence-electron chi connectivity index (χ4n) is 1.39. The van der Waals surface area contributed by atoms with Crippen LogP contribution in [0.25, 0.3) is 0 Å². The van der Waals surface area contributed by atoms with E-state index in [0.29, 0.717) is 5.69 Å². The number of carbonyl (C=O) groups is 2. The minimum absolute atomic E-state index is 0.0253. The number of aromatic amines is 1. The molecule has 8 heteroatoms. The van der Waals surface area contributed by atoms with E-state index in [0.717, 1.165) is 6.26 Å². The SMILES string of the molecule is Cc1[nH]cc(NC(=O)CCS(C)(=O)=O)c1C(=O)O. The highest BCUT2D eigenvalue weighted by Gasteiger charge is 2.17. The van der Waals surface area contributed by atoms with Gasteiger partial charge in [-0.1, -0.05) is 0 Å². The standard InChI is InChI=1S/C10H14N2O5S/c1-6-9(10(14)15)7(5-11-6)12-8(13)3-4-18(2,16)17/h5,11H,3-4H2,1-2H3,(H,12,13)(H,14,15). The number of hydrogen-bond acceptors (Lipinski definition) is 4. The van der Waals surface area contributed by atoms with E-state index in [1.807, 2.05) is 0 Å². The second-order valence-corrected chi connectivity index (χ2v) is 6.20. The molecule has 7 nitrogen and oxygen atoms in total. The molecule has 0 aromatic carbocycles. The Morgan fingerprint density at radius 2 is 2.06 bits per heavy atom. The van der Waals surface area contributed by atoms with Gasteiger partial charge >= 0.3 is 5.97 Å². The molecule has 0 aliphatic rings. The highest BCUT2D eigenvalue weighted by molar-refractivity contribution is 7.90. The highest BCUT2D eigenvalue weighted by atomic mass is 32.2. The summed E-state index contributed by atoms with van der Waals surface area (Å²) in [5, 5.41) is 11.3. The van der Waals surface area contributed by atoms with Crippen molar-refractivity contribution >= 4 is 27.4 Å². The number of anilines is 1. The van der Waals surface area contributed by atoms with Crippen LogP contribution in [0, 0.1) is 6.92 Å². The van der Waals surface area contributed by atoms with Gasteiger partial charge in [0.25, 0.3) is 0 Å². The molecule has 1 amide bonds. The molecule has 0 fully saturated rings. The van der Waals surface area contributed by atoms with Crippen molar-refractivity contribution in [1.82, 2.24) is 4.98 Å². The minimum Gasteiger partial charge on any atom is -0.478 e. The number of hydrogen-bond donors (Lipinski definition) is 3. The summed E-state index contributed by atoms with van der Waals surface area (Å²) in [5.41, 5.74) is 0.530. The Morgan fingerprint density at radius 3 is 2.56 bits per heavy atom. The van der Waals surface area contributed by atoms with Gasteiger partial charge in [0.15, 0.2) is 0 Å². The lowest BCUT2D eigenvalue weighted by Crippen LogP contribution is -2.17. The van der Waals surface area contributed by atoms with Crippen molar-refractivity contribution < 1.29 is 23.1 Å². The second-order valence-electron chi connectivity index (χ2n) is 3.94. The van der Waals surface area contributed by atoms with E-state index in [-0.39, 0.29) is 23.4 Å². The van der Waals surface area contributed by atoms with Crippen LogP contribution in [0.4, 0.5) is 5.69 Å². The monoisotopic (exact) mass is 274 g/mol. The molecule has 0 aliphatic carbocycles. The molecule has 0 atom stereocenters. The summed E-state index contributed by atoms with van der Waals surface area (Å²) in [6.45, 7) is 1.57. The third kappa shape index (κ3) is 3.88. The van der Waals surface area contributed by atoms with Crippen molar-refractivity contribution in [1.29, 1.82) is 0 Å². The zero-order chi connectivity index (χ0) is 13.9. The minimum atomic E-state index is -3.22. The van der Waals surface area contributed by atoms with Crippen molar-refractivity contribution in [3.8, 4) is 0 Å². The second kappa shape index (κ2) is 5.21. The predicted molar refractivity (Wildman–Crippen MR) is 65.4 cm³/mol. The highest BCUT2D eigenvalue weighted by Crippen LogP contribution is 2.19. The van der Waals surface area contributed by atoms with Crippen LogP contribution in [-0.2, 0) is 14.6 Å². The van der Waals surface area contributed by atoms with Crippen LogP contribution in [0.5, 0.6) is 0 Å². The summed E-state index contributed by atoms with van der Waals surface area (Å²) in [7, 11) is -3.22. The van der Waals surface area contributed by atoms with Crippen LogP contribution in [0.3, 0.4) is 0 Å². The Morgan fingerprint density at radius 1 is 1.44 bits per heavy atom. The van der Waals surface area contributed by atoms with E-state index >= 15 is 0 Å². The van der Waals surface area contributed by atoms with Gasteiger partial charge in [0, 0.05) is 24.6 Å². The molecule has 100 valence electrons. The number of amides is 1. The fourth-order valence-corrected chi connectivity index (χ4v) is 1.95. The third-order valence-electron chi connectivity index (χ3n) is 2.27. The molecule has 1 heterocycles. The number of aryl methyl sites for hydroxylation is 1. The zero-order valence-corrected chi connectivity index (χ0v) is 10.8. The van der Waals surface area contributed by atoms with Gasteiger partial charge in [-0.2, -0.15) is 0 Å². The number of H-pyrrole nitrogens is 1. The van der Waals surface area contributed by atoms with E-state index < -0.39 is 21.7 Å². The van der Waals surface area contributed by atoms with Crippen LogP contribution in [-0.4, -0.2) is 42.4 Å². The van der Waals surface area contributed by atoms with E-state index in [1.54, 1.807) is 6.92 Å². The quantitative estimate of drug-likeness (QED) is 0.718. The van der Waals surface area contributed by atoms with Crippen molar-refractivity contribution in [3.63, 3.8) is 0 Å². The zero-order valence-electron chi connectivity index (χ0n) is 9.98. The smallest absolute Gasteiger partial charge is 0.339 e. The first-order valence-electron chi connectivity index (χ1n) is 5.09. The van der Waals surface area contributed by atoms with Gasteiger partial charge in [0.2, 0.25) is 5.91 Å². The first-order chi connectivity index (χ1) is 8.20. The number of carboxylic acids is 1. The van der Waals surface area contributed by atoms with Crippen LogP contribution < -0.4 is 5.32 Å². The molecule has 3 N–H and O–H groups in total. The van der Waals surface area contributed by atoms with Gasteiger partial charge in [-0.3, -0.25) is 4.79 Å². The maximum atomic E-state index is 11.5. The van der Waals surface area contributed by atoms with Crippen molar-refractivity contribution in [2.75, 3.05) is 17.3 Å². The molecule has 0 saturated heterocycles. The van der Waals surface area contributed by atoms with E-state index in [2.05, 4.69) is 10.3 Å². The van der Waals surface area contributed by atoms with Crippen molar-refractivity contribution in [2.45, 2.75) is 13.3 Å². The summed E-state index contributed by atoms with van der Waals surface area (Å²) in [6.07, 6.45) is 2.18. The fraction of sp³-hybridized carbons (Fsp3) is 0.400. The maximum Gasteiger partial charge on any atom is 0.339 e. The average molecular weight is 274 g/mol. The molecule has 0 bridgehead atoms. The van der Waals surface area contributed by atoms with Crippen LogP contribution in [0.15, 0.2) is 6.20 Å². The first-order valence-corrected chi connectivity index (χ1v) is 7.15. The van der Waals surface area contributed by atoms with Gasteiger partial charge in [-0.15, -0.1) is 0 Å². The molecule has 0 aliphatic heterocycles. The summed E-state index contributed by atoms with van der Waals surface area (Å²) in [6, 6.07) is 0. The van der Waals surface area contributed by atoms with Gasteiger partial charge in [-0.05, 0) is 6.92 Å². The van der Waals surface area contributed by atoms with E-state index in [4.69, 9.17) is 5.11 Å². The van der Waals surface area contributed by atoms with E-state index in [1.165, 1.54) is 6.20 Å².